The molecule has 0 unspecified atom stereocenters. The van der Waals surface area contributed by atoms with Gasteiger partial charge in [-0.1, -0.05) is 11.6 Å². The molecule has 0 fully saturated rings. The Morgan fingerprint density at radius 3 is 2.43 bits per heavy atom. The molecule has 2 aromatic carbocycles. The highest BCUT2D eigenvalue weighted by atomic mass is 35.5. The van der Waals surface area contributed by atoms with Crippen LogP contribution in [0.2, 0.25) is 5.02 Å². The van der Waals surface area contributed by atoms with Gasteiger partial charge < -0.3 is 14.8 Å². The fraction of sp³-hybridized carbons (Fsp3) is 0.286. The number of Topliss-reactive ketones (excluding diaryl/α,β-unsaturated/α-hetero) is 1. The molecule has 0 bridgehead atoms. The Morgan fingerprint density at radius 1 is 1.07 bits per heavy atom. The first kappa shape index (κ1) is 21.4. The molecule has 2 aromatic rings. The number of hydrogen-bond donors (Lipinski definition) is 1. The molecule has 0 spiro atoms. The van der Waals surface area contributed by atoms with Gasteiger partial charge in [0.25, 0.3) is 0 Å². The lowest BCUT2D eigenvalue weighted by Crippen LogP contribution is -2.15. The number of aryl methyl sites for hydroxylation is 1. The number of nitrogens with one attached hydrogen (secondary N) is 1. The molecule has 0 radical (unpaired) electrons. The van der Waals surface area contributed by atoms with E-state index in [1.54, 1.807) is 36.4 Å². The van der Waals surface area contributed by atoms with E-state index >= 15 is 0 Å². The van der Waals surface area contributed by atoms with Gasteiger partial charge in [0.05, 0.1) is 6.61 Å². The second kappa shape index (κ2) is 10.5. The van der Waals surface area contributed by atoms with Crippen LogP contribution in [0.25, 0.3) is 0 Å². The number of amides is 1. The van der Waals surface area contributed by atoms with Crippen LogP contribution in [-0.4, -0.2) is 30.9 Å². The molecule has 0 aliphatic rings. The van der Waals surface area contributed by atoms with Crippen LogP contribution in [0.4, 0.5) is 5.69 Å². The average Bonchev–Trinajstić information content (AvgIpc) is 2.66. The van der Waals surface area contributed by atoms with Crippen molar-refractivity contribution in [1.29, 1.82) is 0 Å². The Kier molecular flexibility index (Phi) is 8.02. The molecule has 0 atom stereocenters. The molecule has 148 valence electrons. The van der Waals surface area contributed by atoms with Gasteiger partial charge in [-0.2, -0.15) is 0 Å². The highest BCUT2D eigenvalue weighted by Gasteiger charge is 2.10. The number of ketones is 1. The zero-order valence-electron chi connectivity index (χ0n) is 15.8. The Morgan fingerprint density at radius 2 is 1.79 bits per heavy atom. The number of benzene rings is 2. The van der Waals surface area contributed by atoms with Crippen molar-refractivity contribution in [2.24, 2.45) is 0 Å². The lowest BCUT2D eigenvalue weighted by atomic mass is 10.1. The summed E-state index contributed by atoms with van der Waals surface area (Å²) in [6, 6.07) is 11.7. The SMILES string of the molecule is CC(=O)Nc1ccc(C(=O)COC(=O)CCCOc2ccc(Cl)c(C)c2)cc1. The van der Waals surface area contributed by atoms with E-state index in [1.807, 2.05) is 13.0 Å². The summed E-state index contributed by atoms with van der Waals surface area (Å²) in [5, 5.41) is 3.29. The van der Waals surface area contributed by atoms with Crippen molar-refractivity contribution in [3.05, 3.63) is 58.6 Å². The zero-order valence-corrected chi connectivity index (χ0v) is 16.5. The van der Waals surface area contributed by atoms with Crippen LogP contribution in [-0.2, 0) is 14.3 Å². The predicted molar refractivity (Wildman–Crippen MR) is 107 cm³/mol. The number of halogens is 1. The van der Waals surface area contributed by atoms with Crippen molar-refractivity contribution in [3.8, 4) is 5.75 Å². The van der Waals surface area contributed by atoms with Gasteiger partial charge >= 0.3 is 5.97 Å². The monoisotopic (exact) mass is 403 g/mol. The van der Waals surface area contributed by atoms with Crippen molar-refractivity contribution < 1.29 is 23.9 Å². The molecule has 0 heterocycles. The van der Waals surface area contributed by atoms with Gasteiger partial charge in [-0.25, -0.2) is 0 Å². The summed E-state index contributed by atoms with van der Waals surface area (Å²) in [4.78, 5) is 34.8. The average molecular weight is 404 g/mol. The molecule has 0 saturated heterocycles. The molecule has 2 rings (SSSR count). The van der Waals surface area contributed by atoms with E-state index in [2.05, 4.69) is 5.32 Å². The van der Waals surface area contributed by atoms with Crippen LogP contribution in [0.3, 0.4) is 0 Å². The van der Waals surface area contributed by atoms with E-state index in [1.165, 1.54) is 6.92 Å². The van der Waals surface area contributed by atoms with E-state index < -0.39 is 5.97 Å². The van der Waals surface area contributed by atoms with Crippen molar-refractivity contribution >= 4 is 34.9 Å². The van der Waals surface area contributed by atoms with Crippen LogP contribution in [0.15, 0.2) is 42.5 Å². The van der Waals surface area contributed by atoms with Gasteiger partial charge in [-0.15, -0.1) is 0 Å². The molecule has 0 aliphatic carbocycles. The van der Waals surface area contributed by atoms with Gasteiger partial charge in [-0.05, 0) is 61.4 Å². The molecular formula is C21H22ClNO5. The van der Waals surface area contributed by atoms with E-state index in [4.69, 9.17) is 21.1 Å². The molecular weight excluding hydrogens is 382 g/mol. The largest absolute Gasteiger partial charge is 0.494 e. The normalized spacial score (nSPS) is 10.2. The lowest BCUT2D eigenvalue weighted by Gasteiger charge is -2.08. The molecule has 7 heteroatoms. The second-order valence-electron chi connectivity index (χ2n) is 6.21. The van der Waals surface area contributed by atoms with E-state index in [9.17, 15) is 14.4 Å². The fourth-order valence-corrected chi connectivity index (χ4v) is 2.48. The van der Waals surface area contributed by atoms with E-state index in [0.29, 0.717) is 35.1 Å². The Labute approximate surface area is 168 Å². The van der Waals surface area contributed by atoms with Crippen LogP contribution in [0.5, 0.6) is 5.75 Å². The number of rotatable bonds is 9. The second-order valence-corrected chi connectivity index (χ2v) is 6.61. The summed E-state index contributed by atoms with van der Waals surface area (Å²) in [5.41, 5.74) is 1.92. The molecule has 0 saturated carbocycles. The standard InChI is InChI=1S/C21H22ClNO5/c1-14-12-18(9-10-19(14)22)27-11-3-4-21(26)28-13-20(25)16-5-7-17(8-6-16)23-15(2)24/h5-10,12H,3-4,11,13H2,1-2H3,(H,23,24). The molecule has 6 nitrogen and oxygen atoms in total. The molecule has 0 aliphatic heterocycles. The summed E-state index contributed by atoms with van der Waals surface area (Å²) in [5.74, 6) is -0.272. The maximum absolute atomic E-state index is 12.1. The first-order valence-corrected chi connectivity index (χ1v) is 9.18. The minimum Gasteiger partial charge on any atom is -0.494 e. The van der Waals surface area contributed by atoms with Gasteiger partial charge in [0.15, 0.2) is 12.4 Å². The summed E-state index contributed by atoms with van der Waals surface area (Å²) in [6.45, 7) is 3.32. The molecule has 1 amide bonds. The van der Waals surface area contributed by atoms with Crippen LogP contribution in [0, 0.1) is 6.92 Å². The quantitative estimate of drug-likeness (QED) is 0.385. The summed E-state index contributed by atoms with van der Waals surface area (Å²) in [7, 11) is 0. The predicted octanol–water partition coefficient (Wildman–Crippen LogP) is 4.19. The van der Waals surface area contributed by atoms with Crippen molar-refractivity contribution in [2.75, 3.05) is 18.5 Å². The summed E-state index contributed by atoms with van der Waals surface area (Å²) < 4.78 is 10.6. The van der Waals surface area contributed by atoms with Gasteiger partial charge in [0.2, 0.25) is 5.91 Å². The van der Waals surface area contributed by atoms with Gasteiger partial charge in [-0.3, -0.25) is 14.4 Å². The molecule has 28 heavy (non-hydrogen) atoms. The third-order valence-electron chi connectivity index (χ3n) is 3.81. The number of ether oxygens (including phenoxy) is 2. The third-order valence-corrected chi connectivity index (χ3v) is 4.24. The van der Waals surface area contributed by atoms with Gasteiger partial charge in [0, 0.05) is 29.6 Å². The van der Waals surface area contributed by atoms with Crippen molar-refractivity contribution in [1.82, 2.24) is 0 Å². The fourth-order valence-electron chi connectivity index (χ4n) is 2.36. The highest BCUT2D eigenvalue weighted by molar-refractivity contribution is 6.31. The van der Waals surface area contributed by atoms with E-state index in [0.717, 1.165) is 5.56 Å². The summed E-state index contributed by atoms with van der Waals surface area (Å²) in [6.07, 6.45) is 0.626. The zero-order chi connectivity index (χ0) is 20.5. The maximum Gasteiger partial charge on any atom is 0.306 e. The number of anilines is 1. The molecule has 0 aromatic heterocycles. The first-order valence-electron chi connectivity index (χ1n) is 8.80. The van der Waals surface area contributed by atoms with Crippen LogP contribution in [0.1, 0.15) is 35.7 Å². The van der Waals surface area contributed by atoms with E-state index in [-0.39, 0.29) is 24.7 Å². The smallest absolute Gasteiger partial charge is 0.306 e. The lowest BCUT2D eigenvalue weighted by molar-refractivity contribution is -0.142. The Bertz CT molecular complexity index is 848. The molecule has 1 N–H and O–H groups in total. The number of esters is 1. The van der Waals surface area contributed by atoms with Crippen LogP contribution < -0.4 is 10.1 Å². The third kappa shape index (κ3) is 7.04. The minimum atomic E-state index is -0.459. The maximum atomic E-state index is 12.1. The number of carbonyl (C=O) groups is 3. The first-order chi connectivity index (χ1) is 13.3. The minimum absolute atomic E-state index is 0.154. The Hall–Kier alpha value is -2.86. The number of carbonyl (C=O) groups excluding carboxylic acids is 3. The summed E-state index contributed by atoms with van der Waals surface area (Å²) >= 11 is 5.95. The topological polar surface area (TPSA) is 81.7 Å². The Balaban J connectivity index is 1.68. The number of hydrogen-bond acceptors (Lipinski definition) is 5. The highest BCUT2D eigenvalue weighted by Crippen LogP contribution is 2.21. The van der Waals surface area contributed by atoms with Gasteiger partial charge in [0.1, 0.15) is 5.75 Å². The van der Waals surface area contributed by atoms with Crippen molar-refractivity contribution in [3.63, 3.8) is 0 Å². The van der Waals surface area contributed by atoms with Crippen molar-refractivity contribution in [2.45, 2.75) is 26.7 Å². The van der Waals surface area contributed by atoms with Crippen LogP contribution >= 0.6 is 11.6 Å².